The number of aryl methyl sites for hydroxylation is 1. The van der Waals surface area contributed by atoms with Crippen LogP contribution in [0.2, 0.25) is 0 Å². The monoisotopic (exact) mass is 297 g/mol. The molecule has 1 aromatic carbocycles. The summed E-state index contributed by atoms with van der Waals surface area (Å²) in [5.41, 5.74) is 2.11. The molecule has 1 aromatic heterocycles. The van der Waals surface area contributed by atoms with Crippen molar-refractivity contribution in [3.05, 3.63) is 47.8 Å². The van der Waals surface area contributed by atoms with Crippen molar-refractivity contribution in [2.45, 2.75) is 25.8 Å². The van der Waals surface area contributed by atoms with E-state index in [1.807, 2.05) is 37.3 Å². The highest BCUT2D eigenvalue weighted by atomic mass is 16.3. The fraction of sp³-hybridized carbons (Fsp3) is 0.353. The number of carbonyl (C=O) groups is 1. The molecule has 2 aromatic rings. The lowest BCUT2D eigenvalue weighted by Gasteiger charge is -2.23. The molecule has 0 saturated carbocycles. The van der Waals surface area contributed by atoms with Crippen LogP contribution in [0.25, 0.3) is 11.4 Å². The molecule has 5 heteroatoms. The van der Waals surface area contributed by atoms with Crippen molar-refractivity contribution in [3.63, 3.8) is 0 Å². The molecule has 1 fully saturated rings. The van der Waals surface area contributed by atoms with Gasteiger partial charge >= 0.3 is 0 Å². The van der Waals surface area contributed by atoms with Crippen molar-refractivity contribution < 1.29 is 9.90 Å². The third-order valence-corrected chi connectivity index (χ3v) is 4.09. The molecule has 0 spiro atoms. The zero-order chi connectivity index (χ0) is 15.5. The number of hydrogen-bond acceptors (Lipinski definition) is 4. The highest BCUT2D eigenvalue weighted by Crippen LogP contribution is 2.22. The molecule has 3 rings (SSSR count). The minimum Gasteiger partial charge on any atom is -0.394 e. The zero-order valence-corrected chi connectivity index (χ0v) is 12.6. The number of rotatable bonds is 3. The number of aliphatic hydroxyl groups is 1. The van der Waals surface area contributed by atoms with Crippen molar-refractivity contribution >= 4 is 5.91 Å². The van der Waals surface area contributed by atoms with Gasteiger partial charge in [-0.3, -0.25) is 4.79 Å². The van der Waals surface area contributed by atoms with E-state index in [0.717, 1.165) is 18.4 Å². The number of amides is 1. The Morgan fingerprint density at radius 2 is 2.14 bits per heavy atom. The fourth-order valence-corrected chi connectivity index (χ4v) is 2.85. The predicted octanol–water partition coefficient (Wildman–Crippen LogP) is 2.05. The molecule has 0 radical (unpaired) electrons. The second kappa shape index (κ2) is 6.23. The third-order valence-electron chi connectivity index (χ3n) is 4.09. The second-order valence-electron chi connectivity index (χ2n) is 5.54. The summed E-state index contributed by atoms with van der Waals surface area (Å²) in [6.45, 7) is 2.52. The van der Waals surface area contributed by atoms with Crippen LogP contribution in [0.15, 0.2) is 36.5 Å². The Labute approximate surface area is 129 Å². The second-order valence-corrected chi connectivity index (χ2v) is 5.54. The Balaban J connectivity index is 1.88. The molecule has 1 saturated heterocycles. The van der Waals surface area contributed by atoms with Gasteiger partial charge in [0.1, 0.15) is 0 Å². The summed E-state index contributed by atoms with van der Waals surface area (Å²) in [5.74, 6) is 0.531. The third kappa shape index (κ3) is 2.72. The molecule has 0 aliphatic carbocycles. The Morgan fingerprint density at radius 1 is 1.36 bits per heavy atom. The molecule has 1 N–H and O–H groups in total. The largest absolute Gasteiger partial charge is 0.394 e. The average Bonchev–Trinajstić information content (AvgIpc) is 3.03. The number of aromatic nitrogens is 2. The van der Waals surface area contributed by atoms with Gasteiger partial charge in [0.25, 0.3) is 5.91 Å². The van der Waals surface area contributed by atoms with E-state index in [2.05, 4.69) is 9.97 Å². The normalized spacial score (nSPS) is 17.7. The molecule has 0 unspecified atom stereocenters. The van der Waals surface area contributed by atoms with Crippen LogP contribution in [0.4, 0.5) is 0 Å². The Morgan fingerprint density at radius 3 is 2.82 bits per heavy atom. The highest BCUT2D eigenvalue weighted by molar-refractivity contribution is 5.95. The van der Waals surface area contributed by atoms with Gasteiger partial charge in [-0.15, -0.1) is 0 Å². The highest BCUT2D eigenvalue weighted by Gasteiger charge is 2.30. The Bertz CT molecular complexity index is 673. The van der Waals surface area contributed by atoms with E-state index in [0.29, 0.717) is 23.6 Å². The first-order valence-electron chi connectivity index (χ1n) is 7.51. The average molecular weight is 297 g/mol. The van der Waals surface area contributed by atoms with Gasteiger partial charge in [-0.2, -0.15) is 0 Å². The van der Waals surface area contributed by atoms with Gasteiger partial charge in [0.2, 0.25) is 0 Å². The van der Waals surface area contributed by atoms with Crippen molar-refractivity contribution in [2.75, 3.05) is 13.2 Å². The van der Waals surface area contributed by atoms with Crippen LogP contribution in [-0.2, 0) is 0 Å². The lowest BCUT2D eigenvalue weighted by atomic mass is 10.1. The van der Waals surface area contributed by atoms with Crippen LogP contribution in [0.1, 0.15) is 28.9 Å². The Kier molecular flexibility index (Phi) is 4.15. The summed E-state index contributed by atoms with van der Waals surface area (Å²) in [5, 5.41) is 9.37. The number of likely N-dealkylation sites (tertiary alicyclic amines) is 1. The first-order chi connectivity index (χ1) is 10.7. The van der Waals surface area contributed by atoms with E-state index in [4.69, 9.17) is 0 Å². The van der Waals surface area contributed by atoms with E-state index >= 15 is 0 Å². The van der Waals surface area contributed by atoms with E-state index < -0.39 is 0 Å². The molecule has 1 atom stereocenters. The van der Waals surface area contributed by atoms with Crippen LogP contribution in [0.3, 0.4) is 0 Å². The summed E-state index contributed by atoms with van der Waals surface area (Å²) in [6, 6.07) is 9.61. The fourth-order valence-electron chi connectivity index (χ4n) is 2.85. The first-order valence-corrected chi connectivity index (χ1v) is 7.51. The van der Waals surface area contributed by atoms with Crippen molar-refractivity contribution in [3.8, 4) is 11.4 Å². The summed E-state index contributed by atoms with van der Waals surface area (Å²) in [7, 11) is 0. The van der Waals surface area contributed by atoms with Crippen molar-refractivity contribution in [2.24, 2.45) is 0 Å². The topological polar surface area (TPSA) is 66.3 Å². The van der Waals surface area contributed by atoms with Gasteiger partial charge < -0.3 is 10.0 Å². The number of carbonyl (C=O) groups excluding carboxylic acids is 1. The molecule has 1 aliphatic rings. The molecule has 1 amide bonds. The maximum Gasteiger partial charge on any atom is 0.257 e. The van der Waals surface area contributed by atoms with Crippen molar-refractivity contribution in [1.29, 1.82) is 0 Å². The molecule has 1 aliphatic heterocycles. The maximum atomic E-state index is 12.6. The van der Waals surface area contributed by atoms with Crippen LogP contribution < -0.4 is 0 Å². The molecular weight excluding hydrogens is 278 g/mol. The van der Waals surface area contributed by atoms with Crippen LogP contribution in [0, 0.1) is 6.92 Å². The molecule has 22 heavy (non-hydrogen) atoms. The van der Waals surface area contributed by atoms with Gasteiger partial charge in [0, 0.05) is 18.3 Å². The maximum absolute atomic E-state index is 12.6. The minimum atomic E-state index is -0.0892. The molecular formula is C17H19N3O2. The zero-order valence-electron chi connectivity index (χ0n) is 12.6. The number of hydrogen-bond donors (Lipinski definition) is 1. The number of benzene rings is 1. The van der Waals surface area contributed by atoms with Gasteiger partial charge in [0.15, 0.2) is 5.82 Å². The van der Waals surface area contributed by atoms with E-state index in [-0.39, 0.29) is 18.6 Å². The summed E-state index contributed by atoms with van der Waals surface area (Å²) in [4.78, 5) is 23.1. The van der Waals surface area contributed by atoms with Crippen molar-refractivity contribution in [1.82, 2.24) is 14.9 Å². The standard InChI is InChI=1S/C17H19N3O2/c1-12-15(17(22)20-9-5-8-14(20)11-21)10-18-16(19-12)13-6-3-2-4-7-13/h2-4,6-7,10,14,21H,5,8-9,11H2,1H3/t14-/m1/s1. The molecule has 114 valence electrons. The molecule has 2 heterocycles. The van der Waals surface area contributed by atoms with E-state index in [1.165, 1.54) is 0 Å². The molecule has 5 nitrogen and oxygen atoms in total. The SMILES string of the molecule is Cc1nc(-c2ccccc2)ncc1C(=O)N1CCC[C@@H]1CO. The van der Waals surface area contributed by atoms with Gasteiger partial charge in [0.05, 0.1) is 23.9 Å². The summed E-state index contributed by atoms with van der Waals surface area (Å²) < 4.78 is 0. The summed E-state index contributed by atoms with van der Waals surface area (Å²) >= 11 is 0. The first kappa shape index (κ1) is 14.7. The van der Waals surface area contributed by atoms with Gasteiger partial charge in [-0.05, 0) is 19.8 Å². The minimum absolute atomic E-state index is 0.00768. The van der Waals surface area contributed by atoms with E-state index in [1.54, 1.807) is 11.1 Å². The smallest absolute Gasteiger partial charge is 0.257 e. The number of aliphatic hydroxyl groups excluding tert-OH is 1. The van der Waals surface area contributed by atoms with Gasteiger partial charge in [-0.25, -0.2) is 9.97 Å². The van der Waals surface area contributed by atoms with Crippen LogP contribution in [0.5, 0.6) is 0 Å². The Hall–Kier alpha value is -2.27. The van der Waals surface area contributed by atoms with E-state index in [9.17, 15) is 9.90 Å². The summed E-state index contributed by atoms with van der Waals surface area (Å²) in [6.07, 6.45) is 3.38. The lowest BCUT2D eigenvalue weighted by Crippen LogP contribution is -2.38. The van der Waals surface area contributed by atoms with Crippen LogP contribution in [-0.4, -0.2) is 45.1 Å². The quantitative estimate of drug-likeness (QED) is 0.941. The lowest BCUT2D eigenvalue weighted by molar-refractivity contribution is 0.0676. The van der Waals surface area contributed by atoms with Crippen LogP contribution >= 0.6 is 0 Å². The predicted molar refractivity (Wildman–Crippen MR) is 83.3 cm³/mol. The molecule has 0 bridgehead atoms. The number of nitrogens with zero attached hydrogens (tertiary/aromatic N) is 3. The van der Waals surface area contributed by atoms with Gasteiger partial charge in [-0.1, -0.05) is 30.3 Å².